The number of aromatic carboxylic acids is 1. The molecule has 2 rings (SSSR count). The van der Waals surface area contributed by atoms with Crippen molar-refractivity contribution in [2.75, 3.05) is 5.75 Å². The van der Waals surface area contributed by atoms with Crippen LogP contribution >= 0.6 is 0 Å². The van der Waals surface area contributed by atoms with Gasteiger partial charge in [0.2, 0.25) is 0 Å². The van der Waals surface area contributed by atoms with Gasteiger partial charge in [0.05, 0.1) is 16.2 Å². The molecule has 1 fully saturated rings. The number of hydrogen-bond acceptors (Lipinski definition) is 3. The number of carboxylic acids is 1. The van der Waals surface area contributed by atoms with E-state index in [2.05, 4.69) is 0 Å². The summed E-state index contributed by atoms with van der Waals surface area (Å²) in [7, 11) is -3.38. The van der Waals surface area contributed by atoms with Crippen molar-refractivity contribution in [1.82, 2.24) is 0 Å². The Morgan fingerprint density at radius 2 is 2.05 bits per heavy atom. The zero-order valence-electron chi connectivity index (χ0n) is 10.9. The number of aryl methyl sites for hydroxylation is 1. The fourth-order valence-corrected chi connectivity index (χ4v) is 4.38. The van der Waals surface area contributed by atoms with Crippen LogP contribution in [0.3, 0.4) is 0 Å². The molecule has 4 nitrogen and oxygen atoms in total. The number of rotatable bonds is 5. The van der Waals surface area contributed by atoms with Crippen LogP contribution in [0.15, 0.2) is 23.1 Å². The lowest BCUT2D eigenvalue weighted by Gasteiger charge is -2.25. The fourth-order valence-electron chi connectivity index (χ4n) is 2.33. The van der Waals surface area contributed by atoms with Crippen LogP contribution in [-0.2, 0) is 16.3 Å². The van der Waals surface area contributed by atoms with Crippen LogP contribution in [0, 0.1) is 5.92 Å². The fraction of sp³-hybridized carbons (Fsp3) is 0.500. The molecule has 0 saturated heterocycles. The molecule has 0 aliphatic heterocycles. The molecule has 1 aliphatic rings. The molecular weight excluding hydrogens is 264 g/mol. The molecule has 0 unspecified atom stereocenters. The molecule has 0 aromatic heterocycles. The molecule has 1 N–H and O–H groups in total. The van der Waals surface area contributed by atoms with Gasteiger partial charge < -0.3 is 5.11 Å². The molecule has 19 heavy (non-hydrogen) atoms. The van der Waals surface area contributed by atoms with Crippen LogP contribution in [0.4, 0.5) is 0 Å². The highest BCUT2D eigenvalue weighted by Gasteiger charge is 2.27. The third-order valence-electron chi connectivity index (χ3n) is 3.71. The molecule has 5 heteroatoms. The largest absolute Gasteiger partial charge is 0.478 e. The number of carboxylic acid groups (broad SMARTS) is 1. The van der Waals surface area contributed by atoms with Crippen molar-refractivity contribution in [3.63, 3.8) is 0 Å². The van der Waals surface area contributed by atoms with Gasteiger partial charge in [-0.2, -0.15) is 0 Å². The lowest BCUT2D eigenvalue weighted by Crippen LogP contribution is -2.23. The Morgan fingerprint density at radius 3 is 2.53 bits per heavy atom. The highest BCUT2D eigenvalue weighted by atomic mass is 32.2. The summed E-state index contributed by atoms with van der Waals surface area (Å²) in [5.74, 6) is -0.714. The Kier molecular flexibility index (Phi) is 3.94. The molecule has 0 bridgehead atoms. The van der Waals surface area contributed by atoms with E-state index >= 15 is 0 Å². The number of sulfone groups is 1. The lowest BCUT2D eigenvalue weighted by molar-refractivity contribution is 0.0696. The molecule has 0 heterocycles. The third-order valence-corrected chi connectivity index (χ3v) is 5.67. The highest BCUT2D eigenvalue weighted by molar-refractivity contribution is 7.91. The minimum absolute atomic E-state index is 0.0318. The summed E-state index contributed by atoms with van der Waals surface area (Å²) in [6.07, 6.45) is 3.59. The first-order valence-electron chi connectivity index (χ1n) is 6.53. The van der Waals surface area contributed by atoms with Crippen molar-refractivity contribution in [3.05, 3.63) is 29.3 Å². The van der Waals surface area contributed by atoms with Gasteiger partial charge in [0, 0.05) is 0 Å². The topological polar surface area (TPSA) is 71.4 Å². The highest BCUT2D eigenvalue weighted by Crippen LogP contribution is 2.31. The second kappa shape index (κ2) is 5.33. The Labute approximate surface area is 113 Å². The van der Waals surface area contributed by atoms with Crippen molar-refractivity contribution in [3.8, 4) is 0 Å². The van der Waals surface area contributed by atoms with Gasteiger partial charge in [-0.25, -0.2) is 13.2 Å². The van der Waals surface area contributed by atoms with Gasteiger partial charge in [0.1, 0.15) is 0 Å². The average molecular weight is 282 g/mol. The van der Waals surface area contributed by atoms with Crippen LogP contribution in [0.25, 0.3) is 0 Å². The summed E-state index contributed by atoms with van der Waals surface area (Å²) in [5, 5.41) is 8.98. The molecular formula is C14H18O4S. The van der Waals surface area contributed by atoms with Gasteiger partial charge in [-0.3, -0.25) is 0 Å². The van der Waals surface area contributed by atoms with E-state index < -0.39 is 15.8 Å². The Bertz CT molecular complexity index is 585. The predicted molar refractivity (Wildman–Crippen MR) is 72.2 cm³/mol. The van der Waals surface area contributed by atoms with E-state index in [9.17, 15) is 13.2 Å². The summed E-state index contributed by atoms with van der Waals surface area (Å²) in [6, 6.07) is 4.37. The van der Waals surface area contributed by atoms with Crippen molar-refractivity contribution in [2.45, 2.75) is 37.5 Å². The molecule has 104 valence electrons. The maximum atomic E-state index is 12.4. The third kappa shape index (κ3) is 2.97. The maximum absolute atomic E-state index is 12.4. The van der Waals surface area contributed by atoms with Crippen LogP contribution in [0.2, 0.25) is 0 Å². The van der Waals surface area contributed by atoms with Crippen molar-refractivity contribution >= 4 is 15.8 Å². The average Bonchev–Trinajstić information content (AvgIpc) is 2.33. The van der Waals surface area contributed by atoms with E-state index in [0.717, 1.165) is 19.3 Å². The molecule has 0 atom stereocenters. The zero-order valence-corrected chi connectivity index (χ0v) is 11.7. The molecule has 1 saturated carbocycles. The van der Waals surface area contributed by atoms with Gasteiger partial charge >= 0.3 is 5.97 Å². The first kappa shape index (κ1) is 14.1. The summed E-state index contributed by atoms with van der Waals surface area (Å²) in [4.78, 5) is 11.2. The van der Waals surface area contributed by atoms with E-state index in [-0.39, 0.29) is 22.1 Å². The second-order valence-electron chi connectivity index (χ2n) is 5.06. The predicted octanol–water partition coefficient (Wildman–Crippen LogP) is 2.52. The minimum Gasteiger partial charge on any atom is -0.478 e. The number of hydrogen-bond donors (Lipinski definition) is 1. The molecule has 0 spiro atoms. The molecule has 1 aliphatic carbocycles. The van der Waals surface area contributed by atoms with Crippen molar-refractivity contribution in [2.24, 2.45) is 5.92 Å². The minimum atomic E-state index is -3.38. The van der Waals surface area contributed by atoms with Crippen molar-refractivity contribution in [1.29, 1.82) is 0 Å². The molecule has 0 radical (unpaired) electrons. The second-order valence-corrected chi connectivity index (χ2v) is 7.06. The van der Waals surface area contributed by atoms with Gasteiger partial charge in [-0.05, 0) is 42.9 Å². The Hall–Kier alpha value is -1.36. The van der Waals surface area contributed by atoms with Crippen molar-refractivity contribution < 1.29 is 18.3 Å². The number of carbonyl (C=O) groups is 1. The quantitative estimate of drug-likeness (QED) is 0.900. The molecule has 0 amide bonds. The smallest absolute Gasteiger partial charge is 0.335 e. The van der Waals surface area contributed by atoms with Crippen LogP contribution in [0.1, 0.15) is 42.1 Å². The first-order valence-corrected chi connectivity index (χ1v) is 8.18. The summed E-state index contributed by atoms with van der Waals surface area (Å²) in [5.41, 5.74) is 0.730. The Morgan fingerprint density at radius 1 is 1.37 bits per heavy atom. The summed E-state index contributed by atoms with van der Waals surface area (Å²) >= 11 is 0. The lowest BCUT2D eigenvalue weighted by atomic mass is 9.87. The standard InChI is InChI=1S/C14H18O4S/c1-2-11-6-7-12(14(15)16)8-13(11)19(17,18)9-10-4-3-5-10/h6-8,10H,2-5,9H2,1H3,(H,15,16). The maximum Gasteiger partial charge on any atom is 0.335 e. The van der Waals surface area contributed by atoms with Crippen LogP contribution < -0.4 is 0 Å². The Balaban J connectivity index is 2.39. The first-order chi connectivity index (χ1) is 8.94. The number of benzene rings is 1. The summed E-state index contributed by atoms with van der Waals surface area (Å²) < 4.78 is 24.8. The van der Waals surface area contributed by atoms with Gasteiger partial charge in [-0.1, -0.05) is 19.4 Å². The van der Waals surface area contributed by atoms with E-state index in [1.165, 1.54) is 12.1 Å². The van der Waals surface area contributed by atoms with Gasteiger partial charge in [0.25, 0.3) is 0 Å². The van der Waals surface area contributed by atoms with E-state index in [1.54, 1.807) is 6.07 Å². The van der Waals surface area contributed by atoms with E-state index in [1.807, 2.05) is 6.92 Å². The SMILES string of the molecule is CCc1ccc(C(=O)O)cc1S(=O)(=O)CC1CCC1. The zero-order chi connectivity index (χ0) is 14.0. The van der Waals surface area contributed by atoms with Crippen LogP contribution in [0.5, 0.6) is 0 Å². The van der Waals surface area contributed by atoms with Gasteiger partial charge in [0.15, 0.2) is 9.84 Å². The molecule has 1 aromatic carbocycles. The normalized spacial score (nSPS) is 16.1. The van der Waals surface area contributed by atoms with E-state index in [4.69, 9.17) is 5.11 Å². The van der Waals surface area contributed by atoms with Gasteiger partial charge in [-0.15, -0.1) is 0 Å². The van der Waals surface area contributed by atoms with E-state index in [0.29, 0.717) is 12.0 Å². The summed E-state index contributed by atoms with van der Waals surface area (Å²) in [6.45, 7) is 1.87. The monoisotopic (exact) mass is 282 g/mol. The molecule has 1 aromatic rings. The van der Waals surface area contributed by atoms with Crippen LogP contribution in [-0.4, -0.2) is 25.2 Å².